The maximum Gasteiger partial charge on any atom is 0.153 e. The van der Waals surface area contributed by atoms with E-state index in [9.17, 15) is 0 Å². The van der Waals surface area contributed by atoms with Crippen LogP contribution in [0.5, 0.6) is 0 Å². The maximum absolute atomic E-state index is 4.40. The predicted molar refractivity (Wildman–Crippen MR) is 85.7 cm³/mol. The molecule has 3 aromatic rings. The molecule has 0 atom stereocenters. The summed E-state index contributed by atoms with van der Waals surface area (Å²) in [6.07, 6.45) is 8.87. The molecule has 0 fully saturated rings. The van der Waals surface area contributed by atoms with E-state index in [1.165, 1.54) is 5.69 Å². The SMILES string of the molecule is Cn1cncc1CN1CCc2nnc(Cn3cccc3)n2CC1. The van der Waals surface area contributed by atoms with Gasteiger partial charge >= 0.3 is 0 Å². The lowest BCUT2D eigenvalue weighted by Crippen LogP contribution is -2.27. The third kappa shape index (κ3) is 2.92. The van der Waals surface area contributed by atoms with Crippen LogP contribution in [0.3, 0.4) is 0 Å². The zero-order valence-electron chi connectivity index (χ0n) is 13.3. The topological polar surface area (TPSA) is 56.7 Å². The zero-order valence-corrected chi connectivity index (χ0v) is 13.3. The Morgan fingerprint density at radius 1 is 1.04 bits per heavy atom. The normalized spacial score (nSPS) is 15.5. The van der Waals surface area contributed by atoms with E-state index in [-0.39, 0.29) is 0 Å². The first-order chi connectivity index (χ1) is 11.3. The second kappa shape index (κ2) is 6.00. The molecule has 3 aromatic heterocycles. The Morgan fingerprint density at radius 2 is 1.91 bits per heavy atom. The van der Waals surface area contributed by atoms with Crippen molar-refractivity contribution in [3.63, 3.8) is 0 Å². The Bertz CT molecular complexity index is 768. The minimum Gasteiger partial charge on any atom is -0.347 e. The zero-order chi connectivity index (χ0) is 15.6. The number of rotatable bonds is 4. The summed E-state index contributed by atoms with van der Waals surface area (Å²) < 4.78 is 6.50. The highest BCUT2D eigenvalue weighted by Crippen LogP contribution is 2.13. The molecule has 0 amide bonds. The van der Waals surface area contributed by atoms with E-state index < -0.39 is 0 Å². The molecule has 120 valence electrons. The maximum atomic E-state index is 4.40. The molecule has 23 heavy (non-hydrogen) atoms. The van der Waals surface area contributed by atoms with E-state index >= 15 is 0 Å². The van der Waals surface area contributed by atoms with Gasteiger partial charge in [-0.1, -0.05) is 0 Å². The third-order valence-corrected chi connectivity index (χ3v) is 4.49. The minimum atomic E-state index is 0.779. The summed E-state index contributed by atoms with van der Waals surface area (Å²) in [5, 5.41) is 8.79. The second-order valence-corrected chi connectivity index (χ2v) is 6.06. The molecule has 7 heteroatoms. The lowest BCUT2D eigenvalue weighted by molar-refractivity contribution is 0.264. The highest BCUT2D eigenvalue weighted by Gasteiger charge is 2.19. The van der Waals surface area contributed by atoms with Gasteiger partial charge in [0, 0.05) is 58.2 Å². The molecule has 1 aliphatic heterocycles. The van der Waals surface area contributed by atoms with E-state index in [2.05, 4.69) is 46.2 Å². The Hall–Kier alpha value is -2.41. The summed E-state index contributed by atoms with van der Waals surface area (Å²) >= 11 is 0. The van der Waals surface area contributed by atoms with Crippen LogP contribution in [0.25, 0.3) is 0 Å². The Morgan fingerprint density at radius 3 is 2.70 bits per heavy atom. The van der Waals surface area contributed by atoms with Gasteiger partial charge in [-0.2, -0.15) is 0 Å². The van der Waals surface area contributed by atoms with Crippen LogP contribution < -0.4 is 0 Å². The average molecular weight is 311 g/mol. The standard InChI is InChI=1S/C16H21N7/c1-20-13-17-10-14(20)11-22-7-4-15-18-19-16(23(15)9-8-22)12-21-5-2-3-6-21/h2-3,5-6,10,13H,4,7-9,11-12H2,1H3. The van der Waals surface area contributed by atoms with Crippen LogP contribution in [0, 0.1) is 0 Å². The van der Waals surface area contributed by atoms with Crippen molar-refractivity contribution in [2.45, 2.75) is 26.1 Å². The van der Waals surface area contributed by atoms with Crippen LogP contribution in [-0.2, 0) is 33.1 Å². The fourth-order valence-electron chi connectivity index (χ4n) is 3.11. The monoisotopic (exact) mass is 311 g/mol. The van der Waals surface area contributed by atoms with E-state index in [1.54, 1.807) is 0 Å². The van der Waals surface area contributed by atoms with Crippen LogP contribution in [0.4, 0.5) is 0 Å². The summed E-state index contributed by atoms with van der Waals surface area (Å²) in [5.74, 6) is 2.14. The van der Waals surface area contributed by atoms with E-state index in [0.29, 0.717) is 0 Å². The fourth-order valence-corrected chi connectivity index (χ4v) is 3.11. The van der Waals surface area contributed by atoms with E-state index in [0.717, 1.165) is 50.8 Å². The number of hydrogen-bond acceptors (Lipinski definition) is 4. The van der Waals surface area contributed by atoms with Crippen molar-refractivity contribution in [3.05, 3.63) is 54.4 Å². The fraction of sp³-hybridized carbons (Fsp3) is 0.438. The van der Waals surface area contributed by atoms with Crippen molar-refractivity contribution < 1.29 is 0 Å². The van der Waals surface area contributed by atoms with Gasteiger partial charge in [0.2, 0.25) is 0 Å². The van der Waals surface area contributed by atoms with Crippen molar-refractivity contribution in [3.8, 4) is 0 Å². The Balaban J connectivity index is 1.46. The quantitative estimate of drug-likeness (QED) is 0.719. The molecule has 0 N–H and O–H groups in total. The van der Waals surface area contributed by atoms with Crippen LogP contribution in [0.15, 0.2) is 37.1 Å². The van der Waals surface area contributed by atoms with Gasteiger partial charge in [0.05, 0.1) is 18.6 Å². The second-order valence-electron chi connectivity index (χ2n) is 6.06. The first kappa shape index (κ1) is 14.2. The molecule has 0 aliphatic carbocycles. The van der Waals surface area contributed by atoms with Gasteiger partial charge in [-0.3, -0.25) is 4.90 Å². The van der Waals surface area contributed by atoms with Gasteiger partial charge < -0.3 is 13.7 Å². The smallest absolute Gasteiger partial charge is 0.153 e. The lowest BCUT2D eigenvalue weighted by atomic mass is 10.3. The molecule has 0 saturated heterocycles. The first-order valence-electron chi connectivity index (χ1n) is 7.99. The van der Waals surface area contributed by atoms with Crippen LogP contribution in [-0.4, -0.2) is 46.9 Å². The lowest BCUT2D eigenvalue weighted by Gasteiger charge is -2.19. The highest BCUT2D eigenvalue weighted by atomic mass is 15.3. The van der Waals surface area contributed by atoms with Crippen molar-refractivity contribution in [1.29, 1.82) is 0 Å². The van der Waals surface area contributed by atoms with Gasteiger partial charge in [0.1, 0.15) is 5.82 Å². The number of nitrogens with zero attached hydrogens (tertiary/aromatic N) is 7. The predicted octanol–water partition coefficient (Wildman–Crippen LogP) is 0.920. The van der Waals surface area contributed by atoms with Crippen molar-refractivity contribution in [2.75, 3.05) is 13.1 Å². The van der Waals surface area contributed by atoms with Crippen molar-refractivity contribution in [2.24, 2.45) is 7.05 Å². The molecule has 7 nitrogen and oxygen atoms in total. The molecule has 1 aliphatic rings. The largest absolute Gasteiger partial charge is 0.347 e. The van der Waals surface area contributed by atoms with E-state index in [4.69, 9.17) is 0 Å². The summed E-state index contributed by atoms with van der Waals surface area (Å²) in [7, 11) is 2.05. The molecule has 0 unspecified atom stereocenters. The van der Waals surface area contributed by atoms with Gasteiger partial charge in [-0.25, -0.2) is 4.98 Å². The molecular weight excluding hydrogens is 290 g/mol. The molecule has 4 heterocycles. The molecule has 0 radical (unpaired) electrons. The summed E-state index contributed by atoms with van der Waals surface area (Å²) in [6.45, 7) is 4.67. The van der Waals surface area contributed by atoms with Crippen LogP contribution in [0.2, 0.25) is 0 Å². The molecule has 0 saturated carbocycles. The molecule has 0 aromatic carbocycles. The van der Waals surface area contributed by atoms with Gasteiger partial charge in [-0.05, 0) is 12.1 Å². The molecule has 4 rings (SSSR count). The minimum absolute atomic E-state index is 0.779. The number of aromatic nitrogens is 6. The van der Waals surface area contributed by atoms with Crippen molar-refractivity contribution >= 4 is 0 Å². The highest BCUT2D eigenvalue weighted by molar-refractivity contribution is 5.03. The Kier molecular flexibility index (Phi) is 3.70. The third-order valence-electron chi connectivity index (χ3n) is 4.49. The van der Waals surface area contributed by atoms with Gasteiger partial charge in [0.15, 0.2) is 5.82 Å². The number of fused-ring (bicyclic) bond motifs is 1. The van der Waals surface area contributed by atoms with Gasteiger partial charge in [0.25, 0.3) is 0 Å². The summed E-state index contributed by atoms with van der Waals surface area (Å²) in [6, 6.07) is 4.07. The van der Waals surface area contributed by atoms with E-state index in [1.807, 2.05) is 31.7 Å². The Labute approximate surface area is 135 Å². The van der Waals surface area contributed by atoms with Crippen LogP contribution in [0.1, 0.15) is 17.3 Å². The summed E-state index contributed by atoms with van der Waals surface area (Å²) in [4.78, 5) is 6.67. The molecule has 0 bridgehead atoms. The molecular formula is C16H21N7. The summed E-state index contributed by atoms with van der Waals surface area (Å²) in [5.41, 5.74) is 1.25. The van der Waals surface area contributed by atoms with Crippen molar-refractivity contribution in [1.82, 2.24) is 33.8 Å². The van der Waals surface area contributed by atoms with Crippen LogP contribution >= 0.6 is 0 Å². The number of hydrogen-bond donors (Lipinski definition) is 0. The van der Waals surface area contributed by atoms with Gasteiger partial charge in [-0.15, -0.1) is 10.2 Å². The average Bonchev–Trinajstić information content (AvgIpc) is 3.24. The number of aryl methyl sites for hydroxylation is 1. The number of imidazole rings is 1. The molecule has 0 spiro atoms. The first-order valence-corrected chi connectivity index (χ1v) is 7.99.